The van der Waals surface area contributed by atoms with Crippen LogP contribution in [0.4, 0.5) is 0 Å². The van der Waals surface area contributed by atoms with Crippen molar-refractivity contribution in [2.45, 2.75) is 38.6 Å². The molecule has 5 heteroatoms. The highest BCUT2D eigenvalue weighted by Crippen LogP contribution is 2.30. The fraction of sp³-hybridized carbons (Fsp3) is 0.600. The summed E-state index contributed by atoms with van der Waals surface area (Å²) in [7, 11) is -2.89. The van der Waals surface area contributed by atoms with Crippen molar-refractivity contribution in [3.8, 4) is 5.75 Å². The van der Waals surface area contributed by atoms with E-state index in [0.29, 0.717) is 13.0 Å². The topological polar surface area (TPSA) is 69.4 Å². The minimum absolute atomic E-state index is 0.141. The van der Waals surface area contributed by atoms with Gasteiger partial charge in [-0.2, -0.15) is 0 Å². The van der Waals surface area contributed by atoms with Crippen molar-refractivity contribution < 1.29 is 13.2 Å². The second kappa shape index (κ2) is 6.59. The third-order valence-corrected chi connectivity index (χ3v) is 5.57. The van der Waals surface area contributed by atoms with E-state index in [0.717, 1.165) is 25.0 Å². The van der Waals surface area contributed by atoms with Crippen LogP contribution in [0.15, 0.2) is 18.2 Å². The van der Waals surface area contributed by atoms with E-state index >= 15 is 0 Å². The lowest BCUT2D eigenvalue weighted by atomic mass is 9.88. The van der Waals surface area contributed by atoms with Gasteiger partial charge in [-0.3, -0.25) is 0 Å². The van der Waals surface area contributed by atoms with Gasteiger partial charge in [0.15, 0.2) is 0 Å². The van der Waals surface area contributed by atoms with Crippen molar-refractivity contribution in [2.24, 2.45) is 5.73 Å². The predicted octanol–water partition coefficient (Wildman–Crippen LogP) is 2.23. The van der Waals surface area contributed by atoms with Gasteiger partial charge in [0.2, 0.25) is 0 Å². The molecule has 0 saturated heterocycles. The van der Waals surface area contributed by atoms with E-state index in [1.54, 1.807) is 6.92 Å². The van der Waals surface area contributed by atoms with Gasteiger partial charge in [-0.25, -0.2) is 8.42 Å². The van der Waals surface area contributed by atoms with E-state index in [-0.39, 0.29) is 17.5 Å². The summed E-state index contributed by atoms with van der Waals surface area (Å²) in [5.41, 5.74) is 8.56. The maximum Gasteiger partial charge on any atom is 0.150 e. The zero-order valence-electron chi connectivity index (χ0n) is 12.0. The first-order valence-corrected chi connectivity index (χ1v) is 9.05. The Hall–Kier alpha value is -1.07. The van der Waals surface area contributed by atoms with Crippen LogP contribution >= 0.6 is 0 Å². The van der Waals surface area contributed by atoms with Crippen molar-refractivity contribution in [1.29, 1.82) is 0 Å². The highest BCUT2D eigenvalue weighted by atomic mass is 32.2. The predicted molar refractivity (Wildman–Crippen MR) is 80.7 cm³/mol. The van der Waals surface area contributed by atoms with Crippen molar-refractivity contribution in [1.82, 2.24) is 0 Å². The number of nitrogens with two attached hydrogens (primary N) is 1. The number of aryl methyl sites for hydroxylation is 1. The first-order chi connectivity index (χ1) is 9.52. The summed E-state index contributed by atoms with van der Waals surface area (Å²) in [6.45, 7) is 2.10. The van der Waals surface area contributed by atoms with Gasteiger partial charge in [0.1, 0.15) is 15.6 Å². The maximum absolute atomic E-state index is 11.4. The fourth-order valence-corrected chi connectivity index (χ4v) is 3.38. The molecular formula is C15H23NO3S. The molecule has 0 saturated carbocycles. The van der Waals surface area contributed by atoms with Gasteiger partial charge in [-0.05, 0) is 48.9 Å². The van der Waals surface area contributed by atoms with Crippen molar-refractivity contribution in [3.63, 3.8) is 0 Å². The van der Waals surface area contributed by atoms with E-state index in [2.05, 4.69) is 0 Å². The molecule has 1 unspecified atom stereocenters. The number of fused-ring (bicyclic) bond motifs is 1. The summed E-state index contributed by atoms with van der Waals surface area (Å²) in [6, 6.07) is 6.15. The van der Waals surface area contributed by atoms with Crippen LogP contribution in [0, 0.1) is 0 Å². The van der Waals surface area contributed by atoms with E-state index in [9.17, 15) is 8.42 Å². The lowest BCUT2D eigenvalue weighted by Gasteiger charge is -2.22. The Balaban J connectivity index is 1.88. The van der Waals surface area contributed by atoms with Crippen LogP contribution in [-0.2, 0) is 16.3 Å². The number of benzene rings is 1. The molecule has 0 aromatic heterocycles. The molecule has 0 radical (unpaired) electrons. The minimum Gasteiger partial charge on any atom is -0.494 e. The van der Waals surface area contributed by atoms with Gasteiger partial charge >= 0.3 is 0 Å². The smallest absolute Gasteiger partial charge is 0.150 e. The van der Waals surface area contributed by atoms with Crippen molar-refractivity contribution in [3.05, 3.63) is 29.3 Å². The highest BCUT2D eigenvalue weighted by Gasteiger charge is 2.17. The number of hydrogen-bond acceptors (Lipinski definition) is 4. The Morgan fingerprint density at radius 2 is 2.20 bits per heavy atom. The normalized spacial score (nSPS) is 18.6. The van der Waals surface area contributed by atoms with Gasteiger partial charge in [-0.15, -0.1) is 0 Å². The first kappa shape index (κ1) is 15.3. The zero-order chi connectivity index (χ0) is 14.6. The molecule has 1 aromatic carbocycles. The van der Waals surface area contributed by atoms with Gasteiger partial charge in [-0.1, -0.05) is 13.0 Å². The largest absolute Gasteiger partial charge is 0.494 e. The Bertz CT molecular complexity index is 554. The average molecular weight is 297 g/mol. The second-order valence-corrected chi connectivity index (χ2v) is 7.77. The first-order valence-electron chi connectivity index (χ1n) is 7.23. The summed E-state index contributed by atoms with van der Waals surface area (Å²) in [5, 5.41) is 0. The number of hydrogen-bond donors (Lipinski definition) is 1. The van der Waals surface area contributed by atoms with Crippen LogP contribution in [0.25, 0.3) is 0 Å². The van der Waals surface area contributed by atoms with Crippen LogP contribution in [0.3, 0.4) is 0 Å². The second-order valence-electron chi connectivity index (χ2n) is 5.30. The molecule has 0 fully saturated rings. The number of sulfone groups is 1. The molecule has 0 bridgehead atoms. The quantitative estimate of drug-likeness (QED) is 0.817. The van der Waals surface area contributed by atoms with Crippen molar-refractivity contribution >= 4 is 9.84 Å². The van der Waals surface area contributed by atoms with Gasteiger partial charge in [0, 0.05) is 11.8 Å². The van der Waals surface area contributed by atoms with Gasteiger partial charge < -0.3 is 10.5 Å². The minimum atomic E-state index is -2.89. The molecule has 2 rings (SSSR count). The molecule has 0 heterocycles. The summed E-state index contributed by atoms with van der Waals surface area (Å²) >= 11 is 0. The van der Waals surface area contributed by atoms with Gasteiger partial charge in [0.25, 0.3) is 0 Å². The van der Waals surface area contributed by atoms with E-state index in [1.165, 1.54) is 11.1 Å². The Morgan fingerprint density at radius 1 is 1.40 bits per heavy atom. The third kappa shape index (κ3) is 3.96. The molecule has 112 valence electrons. The molecule has 2 N–H and O–H groups in total. The standard InChI is InChI=1S/C15H23NO3S/c1-2-20(17,18)10-4-9-19-13-7-8-14-12(11-13)5-3-6-15(14)16/h7-8,11,15H,2-6,9-10,16H2,1H3. The fourth-order valence-electron chi connectivity index (χ4n) is 2.53. The summed E-state index contributed by atoms with van der Waals surface area (Å²) in [5.74, 6) is 1.20. The van der Waals surface area contributed by atoms with Crippen LogP contribution in [0.2, 0.25) is 0 Å². The SMILES string of the molecule is CCS(=O)(=O)CCCOc1ccc2c(c1)CCCC2N. The lowest BCUT2D eigenvalue weighted by molar-refractivity contribution is 0.317. The van der Waals surface area contributed by atoms with Crippen LogP contribution < -0.4 is 10.5 Å². The molecule has 0 aliphatic heterocycles. The summed E-state index contributed by atoms with van der Waals surface area (Å²) < 4.78 is 28.4. The highest BCUT2D eigenvalue weighted by molar-refractivity contribution is 7.91. The number of ether oxygens (including phenoxy) is 1. The van der Waals surface area contributed by atoms with E-state index < -0.39 is 9.84 Å². The molecule has 1 aliphatic rings. The molecule has 1 atom stereocenters. The molecule has 1 aromatic rings. The average Bonchev–Trinajstić information content (AvgIpc) is 2.44. The van der Waals surface area contributed by atoms with Crippen LogP contribution in [0.1, 0.15) is 43.4 Å². The van der Waals surface area contributed by atoms with Crippen LogP contribution in [0.5, 0.6) is 5.75 Å². The third-order valence-electron chi connectivity index (χ3n) is 3.78. The van der Waals surface area contributed by atoms with Crippen LogP contribution in [-0.4, -0.2) is 26.5 Å². The molecule has 0 amide bonds. The molecule has 1 aliphatic carbocycles. The van der Waals surface area contributed by atoms with Gasteiger partial charge in [0.05, 0.1) is 12.4 Å². The molecule has 20 heavy (non-hydrogen) atoms. The maximum atomic E-state index is 11.4. The molecular weight excluding hydrogens is 274 g/mol. The zero-order valence-corrected chi connectivity index (χ0v) is 12.8. The number of rotatable bonds is 6. The molecule has 0 spiro atoms. The lowest BCUT2D eigenvalue weighted by Crippen LogP contribution is -2.17. The van der Waals surface area contributed by atoms with E-state index in [4.69, 9.17) is 10.5 Å². The van der Waals surface area contributed by atoms with E-state index in [1.807, 2.05) is 18.2 Å². The Labute approximate surface area is 121 Å². The Morgan fingerprint density at radius 3 is 2.95 bits per heavy atom. The Kier molecular flexibility index (Phi) is 5.05. The monoisotopic (exact) mass is 297 g/mol. The van der Waals surface area contributed by atoms with Crippen molar-refractivity contribution in [2.75, 3.05) is 18.1 Å². The summed E-state index contributed by atoms with van der Waals surface area (Å²) in [6.07, 6.45) is 3.74. The summed E-state index contributed by atoms with van der Waals surface area (Å²) in [4.78, 5) is 0. The molecule has 4 nitrogen and oxygen atoms in total.